The highest BCUT2D eigenvalue weighted by Gasteiger charge is 2.25. The molecule has 3 rings (SSSR count). The molecule has 0 bridgehead atoms. The Labute approximate surface area is 147 Å². The molecule has 2 heterocycles. The quantitative estimate of drug-likeness (QED) is 0.904. The van der Waals surface area contributed by atoms with Crippen LogP contribution in [0.5, 0.6) is 0 Å². The van der Waals surface area contributed by atoms with E-state index in [2.05, 4.69) is 20.9 Å². The number of carbonyl (C=O) groups is 1. The predicted octanol–water partition coefficient (Wildman–Crippen LogP) is 2.48. The van der Waals surface area contributed by atoms with Crippen molar-refractivity contribution in [3.05, 3.63) is 58.9 Å². The number of benzene rings is 1. The van der Waals surface area contributed by atoms with Gasteiger partial charge in [0.2, 0.25) is 0 Å². The summed E-state index contributed by atoms with van der Waals surface area (Å²) in [6.45, 7) is 3.75. The van der Waals surface area contributed by atoms with Crippen molar-refractivity contribution in [1.82, 2.24) is 14.8 Å². The molecule has 1 atom stereocenters. The van der Waals surface area contributed by atoms with Gasteiger partial charge in [0, 0.05) is 49.2 Å². The summed E-state index contributed by atoms with van der Waals surface area (Å²) in [7, 11) is 2.03. The van der Waals surface area contributed by atoms with Crippen LogP contribution in [0.1, 0.15) is 22.1 Å². The molecule has 1 aliphatic heterocycles. The van der Waals surface area contributed by atoms with Gasteiger partial charge in [0.25, 0.3) is 5.91 Å². The third kappa shape index (κ3) is 3.98. The molecule has 1 aromatic carbocycles. The van der Waals surface area contributed by atoms with Crippen molar-refractivity contribution < 1.29 is 9.53 Å². The van der Waals surface area contributed by atoms with E-state index < -0.39 is 0 Å². The maximum absolute atomic E-state index is 12.4. The van der Waals surface area contributed by atoms with Gasteiger partial charge in [-0.1, -0.05) is 11.6 Å². The number of aromatic nitrogens is 1. The second-order valence-electron chi connectivity index (χ2n) is 5.93. The summed E-state index contributed by atoms with van der Waals surface area (Å²) < 4.78 is 7.56. The molecule has 2 aromatic rings. The molecular weight excluding hydrogens is 326 g/mol. The van der Waals surface area contributed by atoms with Crippen molar-refractivity contribution >= 4 is 17.5 Å². The number of nitrogens with zero attached hydrogens (tertiary/aromatic N) is 2. The summed E-state index contributed by atoms with van der Waals surface area (Å²) in [6.07, 6.45) is 2.03. The number of aryl methyl sites for hydroxylation is 1. The number of ether oxygens (including phenoxy) is 1. The Bertz CT molecular complexity index is 678. The molecule has 128 valence electrons. The van der Waals surface area contributed by atoms with Crippen molar-refractivity contribution in [1.29, 1.82) is 0 Å². The molecule has 5 nitrogen and oxygen atoms in total. The van der Waals surface area contributed by atoms with E-state index in [1.165, 1.54) is 5.69 Å². The second kappa shape index (κ2) is 7.83. The number of carbonyl (C=O) groups excluding carboxylic acids is 1. The first-order valence-corrected chi connectivity index (χ1v) is 8.50. The minimum atomic E-state index is -0.0841. The Hall–Kier alpha value is -1.82. The smallest absolute Gasteiger partial charge is 0.251 e. The van der Waals surface area contributed by atoms with E-state index in [9.17, 15) is 4.79 Å². The Balaban J connectivity index is 1.70. The summed E-state index contributed by atoms with van der Waals surface area (Å²) in [6, 6.07) is 11.2. The largest absolute Gasteiger partial charge is 0.379 e. The van der Waals surface area contributed by atoms with Crippen LogP contribution < -0.4 is 5.32 Å². The summed E-state index contributed by atoms with van der Waals surface area (Å²) in [5, 5.41) is 3.68. The first kappa shape index (κ1) is 17.0. The van der Waals surface area contributed by atoms with Crippen molar-refractivity contribution in [2.75, 3.05) is 32.8 Å². The molecule has 0 radical (unpaired) electrons. The molecule has 1 fully saturated rings. The monoisotopic (exact) mass is 347 g/mol. The number of halogens is 1. The molecule has 1 N–H and O–H groups in total. The van der Waals surface area contributed by atoms with Crippen LogP contribution in [0.2, 0.25) is 5.02 Å². The fourth-order valence-corrected chi connectivity index (χ4v) is 3.15. The van der Waals surface area contributed by atoms with Crippen molar-refractivity contribution in [2.24, 2.45) is 7.05 Å². The Morgan fingerprint density at radius 2 is 1.96 bits per heavy atom. The molecule has 6 heteroatoms. The highest BCUT2D eigenvalue weighted by atomic mass is 35.5. The Morgan fingerprint density at radius 1 is 1.25 bits per heavy atom. The molecule has 1 saturated heterocycles. The first-order chi connectivity index (χ1) is 11.6. The lowest BCUT2D eigenvalue weighted by Crippen LogP contribution is -2.44. The van der Waals surface area contributed by atoms with Crippen molar-refractivity contribution in [3.8, 4) is 0 Å². The zero-order chi connectivity index (χ0) is 16.9. The molecule has 1 amide bonds. The number of hydrogen-bond acceptors (Lipinski definition) is 3. The van der Waals surface area contributed by atoms with Gasteiger partial charge in [-0.15, -0.1) is 0 Å². The Kier molecular flexibility index (Phi) is 5.56. The molecular formula is C18H22ClN3O2. The van der Waals surface area contributed by atoms with Crippen LogP contribution in [0.15, 0.2) is 42.6 Å². The molecule has 1 aromatic heterocycles. The first-order valence-electron chi connectivity index (χ1n) is 8.12. The average molecular weight is 348 g/mol. The number of amides is 1. The van der Waals surface area contributed by atoms with Crippen LogP contribution in [0.3, 0.4) is 0 Å². The second-order valence-corrected chi connectivity index (χ2v) is 6.36. The zero-order valence-electron chi connectivity index (χ0n) is 13.7. The lowest BCUT2D eigenvalue weighted by atomic mass is 10.1. The van der Waals surface area contributed by atoms with Gasteiger partial charge in [0.1, 0.15) is 0 Å². The van der Waals surface area contributed by atoms with Gasteiger partial charge < -0.3 is 14.6 Å². The molecule has 0 saturated carbocycles. The van der Waals surface area contributed by atoms with Gasteiger partial charge >= 0.3 is 0 Å². The van der Waals surface area contributed by atoms with Crippen LogP contribution in [-0.2, 0) is 11.8 Å². The predicted molar refractivity (Wildman–Crippen MR) is 94.3 cm³/mol. The van der Waals surface area contributed by atoms with Gasteiger partial charge in [-0.25, -0.2) is 0 Å². The minimum absolute atomic E-state index is 0.0841. The van der Waals surface area contributed by atoms with Crippen LogP contribution in [0, 0.1) is 0 Å². The van der Waals surface area contributed by atoms with Crippen LogP contribution in [-0.4, -0.2) is 48.2 Å². The average Bonchev–Trinajstić information content (AvgIpc) is 3.02. The lowest BCUT2D eigenvalue weighted by Gasteiger charge is -2.35. The van der Waals surface area contributed by atoms with E-state index in [0.29, 0.717) is 17.1 Å². The number of rotatable bonds is 5. The molecule has 1 unspecified atom stereocenters. The summed E-state index contributed by atoms with van der Waals surface area (Å²) in [5.74, 6) is -0.0841. The molecule has 0 spiro atoms. The number of hydrogen-bond donors (Lipinski definition) is 1. The van der Waals surface area contributed by atoms with Crippen LogP contribution >= 0.6 is 11.6 Å². The standard InChI is InChI=1S/C18H22ClN3O2/c1-21-8-2-3-16(21)17(22-9-11-24-12-10-22)13-20-18(23)14-4-6-15(19)7-5-14/h2-8,17H,9-13H2,1H3,(H,20,23). The van der Waals surface area contributed by atoms with Crippen LogP contribution in [0.25, 0.3) is 0 Å². The topological polar surface area (TPSA) is 46.5 Å². The Morgan fingerprint density at radius 3 is 2.58 bits per heavy atom. The summed E-state index contributed by atoms with van der Waals surface area (Å²) in [5.41, 5.74) is 1.81. The highest BCUT2D eigenvalue weighted by Crippen LogP contribution is 2.21. The van der Waals surface area contributed by atoms with E-state index in [4.69, 9.17) is 16.3 Å². The highest BCUT2D eigenvalue weighted by molar-refractivity contribution is 6.30. The maximum atomic E-state index is 12.4. The van der Waals surface area contributed by atoms with Crippen molar-refractivity contribution in [3.63, 3.8) is 0 Å². The molecule has 24 heavy (non-hydrogen) atoms. The van der Waals surface area contributed by atoms with E-state index in [1.54, 1.807) is 24.3 Å². The van der Waals surface area contributed by atoms with Gasteiger partial charge in [-0.2, -0.15) is 0 Å². The van der Waals surface area contributed by atoms with Gasteiger partial charge in [0.15, 0.2) is 0 Å². The number of morpholine rings is 1. The van der Waals surface area contributed by atoms with Gasteiger partial charge in [-0.05, 0) is 36.4 Å². The SMILES string of the molecule is Cn1cccc1C(CNC(=O)c1ccc(Cl)cc1)N1CCOCC1. The summed E-state index contributed by atoms with van der Waals surface area (Å²) >= 11 is 5.88. The van der Waals surface area contributed by atoms with Crippen molar-refractivity contribution in [2.45, 2.75) is 6.04 Å². The van der Waals surface area contributed by atoms with Gasteiger partial charge in [-0.3, -0.25) is 9.69 Å². The normalized spacial score (nSPS) is 16.8. The van der Waals surface area contributed by atoms with E-state index in [1.807, 2.05) is 19.3 Å². The van der Waals surface area contributed by atoms with Crippen LogP contribution in [0.4, 0.5) is 0 Å². The minimum Gasteiger partial charge on any atom is -0.379 e. The third-order valence-electron chi connectivity index (χ3n) is 4.37. The van der Waals surface area contributed by atoms with E-state index in [-0.39, 0.29) is 11.9 Å². The van der Waals surface area contributed by atoms with Gasteiger partial charge in [0.05, 0.1) is 19.3 Å². The molecule has 1 aliphatic rings. The summed E-state index contributed by atoms with van der Waals surface area (Å²) in [4.78, 5) is 14.8. The maximum Gasteiger partial charge on any atom is 0.251 e. The molecule has 0 aliphatic carbocycles. The van der Waals surface area contributed by atoms with E-state index >= 15 is 0 Å². The van der Waals surface area contributed by atoms with E-state index in [0.717, 1.165) is 26.3 Å². The lowest BCUT2D eigenvalue weighted by molar-refractivity contribution is 0.0148. The third-order valence-corrected chi connectivity index (χ3v) is 4.63. The zero-order valence-corrected chi connectivity index (χ0v) is 14.5. The fraction of sp³-hybridized carbons (Fsp3) is 0.389. The number of nitrogens with one attached hydrogen (secondary N) is 1. The fourth-order valence-electron chi connectivity index (χ4n) is 3.02.